The van der Waals surface area contributed by atoms with Gasteiger partial charge in [-0.15, -0.1) is 11.3 Å². The summed E-state index contributed by atoms with van der Waals surface area (Å²) in [6.07, 6.45) is 2.30. The Balaban J connectivity index is 2.19. The average molecular weight is 183 g/mol. The summed E-state index contributed by atoms with van der Waals surface area (Å²) in [6.45, 7) is 1.57. The van der Waals surface area contributed by atoms with E-state index in [1.807, 2.05) is 0 Å². The van der Waals surface area contributed by atoms with Gasteiger partial charge < -0.3 is 10.5 Å². The third-order valence-electron chi connectivity index (χ3n) is 2.19. The van der Waals surface area contributed by atoms with Gasteiger partial charge in [0.2, 0.25) is 0 Å². The predicted molar refractivity (Wildman–Crippen MR) is 50.4 cm³/mol. The van der Waals surface area contributed by atoms with Crippen LogP contribution in [-0.4, -0.2) is 13.2 Å². The molecule has 0 aliphatic carbocycles. The molecule has 0 saturated heterocycles. The molecule has 2 heterocycles. The monoisotopic (exact) mass is 183 g/mol. The van der Waals surface area contributed by atoms with E-state index in [1.54, 1.807) is 11.3 Å². The summed E-state index contributed by atoms with van der Waals surface area (Å²) >= 11 is 1.79. The molecule has 3 heteroatoms. The number of hydrogen-bond acceptors (Lipinski definition) is 3. The number of rotatable bonds is 2. The summed E-state index contributed by atoms with van der Waals surface area (Å²) < 4.78 is 5.63. The molecule has 1 atom stereocenters. The minimum atomic E-state index is 0.277. The molecule has 12 heavy (non-hydrogen) atoms. The fourth-order valence-corrected chi connectivity index (χ4v) is 2.63. The highest BCUT2D eigenvalue weighted by atomic mass is 32.1. The van der Waals surface area contributed by atoms with E-state index in [-0.39, 0.29) is 6.10 Å². The molecular weight excluding hydrogens is 170 g/mol. The van der Waals surface area contributed by atoms with Crippen LogP contribution in [0.3, 0.4) is 0 Å². The maximum Gasteiger partial charge on any atom is 0.0931 e. The largest absolute Gasteiger partial charge is 0.372 e. The second kappa shape index (κ2) is 3.56. The Morgan fingerprint density at radius 2 is 2.58 bits per heavy atom. The molecule has 66 valence electrons. The molecule has 0 spiro atoms. The Labute approximate surface area is 76.3 Å². The standard InChI is InChI=1S/C9H13NOS/c10-4-1-8-9-7(2-5-11-8)3-6-12-9/h3,6,8H,1-2,4-5,10H2/t8-/m0/s1. The fourth-order valence-electron chi connectivity index (χ4n) is 1.59. The molecule has 2 nitrogen and oxygen atoms in total. The van der Waals surface area contributed by atoms with E-state index < -0.39 is 0 Å². The van der Waals surface area contributed by atoms with Crippen molar-refractivity contribution in [1.29, 1.82) is 0 Å². The maximum atomic E-state index is 5.63. The summed E-state index contributed by atoms with van der Waals surface area (Å²) in [5.41, 5.74) is 6.97. The highest BCUT2D eigenvalue weighted by Crippen LogP contribution is 2.33. The van der Waals surface area contributed by atoms with Crippen molar-refractivity contribution in [1.82, 2.24) is 0 Å². The van der Waals surface area contributed by atoms with Crippen molar-refractivity contribution in [3.8, 4) is 0 Å². The third-order valence-corrected chi connectivity index (χ3v) is 3.24. The molecule has 0 aromatic carbocycles. The lowest BCUT2D eigenvalue weighted by molar-refractivity contribution is 0.0413. The summed E-state index contributed by atoms with van der Waals surface area (Å²) in [5.74, 6) is 0. The van der Waals surface area contributed by atoms with Gasteiger partial charge in [0.1, 0.15) is 0 Å². The molecule has 0 bridgehead atoms. The molecule has 0 saturated carbocycles. The smallest absolute Gasteiger partial charge is 0.0931 e. The van der Waals surface area contributed by atoms with E-state index in [1.165, 1.54) is 10.4 Å². The van der Waals surface area contributed by atoms with Crippen LogP contribution in [0.15, 0.2) is 11.4 Å². The van der Waals surface area contributed by atoms with Gasteiger partial charge in [-0.25, -0.2) is 0 Å². The lowest BCUT2D eigenvalue weighted by atomic mass is 10.1. The van der Waals surface area contributed by atoms with Crippen molar-refractivity contribution in [3.05, 3.63) is 21.9 Å². The Bertz CT molecular complexity index is 259. The topological polar surface area (TPSA) is 35.2 Å². The van der Waals surface area contributed by atoms with Gasteiger partial charge in [-0.05, 0) is 36.4 Å². The molecule has 1 aromatic heterocycles. The number of fused-ring (bicyclic) bond motifs is 1. The van der Waals surface area contributed by atoms with Crippen molar-refractivity contribution < 1.29 is 4.74 Å². The van der Waals surface area contributed by atoms with E-state index in [0.29, 0.717) is 6.54 Å². The first kappa shape index (κ1) is 8.23. The van der Waals surface area contributed by atoms with Crippen LogP contribution in [0.5, 0.6) is 0 Å². The van der Waals surface area contributed by atoms with E-state index in [2.05, 4.69) is 11.4 Å². The average Bonchev–Trinajstić information content (AvgIpc) is 2.53. The van der Waals surface area contributed by atoms with Gasteiger partial charge in [-0.1, -0.05) is 0 Å². The minimum Gasteiger partial charge on any atom is -0.372 e. The van der Waals surface area contributed by atoms with E-state index >= 15 is 0 Å². The first-order chi connectivity index (χ1) is 5.92. The third kappa shape index (κ3) is 1.40. The summed E-state index contributed by atoms with van der Waals surface area (Å²) in [4.78, 5) is 1.40. The van der Waals surface area contributed by atoms with Crippen molar-refractivity contribution in [2.75, 3.05) is 13.2 Å². The SMILES string of the molecule is NCC[C@@H]1OCCc2ccsc21. The van der Waals surface area contributed by atoms with Gasteiger partial charge in [0.05, 0.1) is 12.7 Å². The van der Waals surface area contributed by atoms with Crippen LogP contribution in [0, 0.1) is 0 Å². The number of nitrogens with two attached hydrogens (primary N) is 1. The molecule has 0 unspecified atom stereocenters. The summed E-state index contributed by atoms with van der Waals surface area (Å²) in [6, 6.07) is 2.20. The Kier molecular flexibility index (Phi) is 2.44. The van der Waals surface area contributed by atoms with E-state index in [9.17, 15) is 0 Å². The first-order valence-electron chi connectivity index (χ1n) is 4.29. The maximum absolute atomic E-state index is 5.63. The van der Waals surface area contributed by atoms with Crippen LogP contribution >= 0.6 is 11.3 Å². The lowest BCUT2D eigenvalue weighted by Crippen LogP contribution is -2.17. The molecule has 0 radical (unpaired) electrons. The highest BCUT2D eigenvalue weighted by molar-refractivity contribution is 7.10. The van der Waals surface area contributed by atoms with Crippen LogP contribution in [0.1, 0.15) is 23.0 Å². The molecule has 2 rings (SSSR count). The molecule has 2 N–H and O–H groups in total. The molecule has 1 aliphatic rings. The fraction of sp³-hybridized carbons (Fsp3) is 0.556. The lowest BCUT2D eigenvalue weighted by Gasteiger charge is -2.22. The summed E-state index contributed by atoms with van der Waals surface area (Å²) in [7, 11) is 0. The summed E-state index contributed by atoms with van der Waals surface area (Å²) in [5, 5.41) is 2.14. The van der Waals surface area contributed by atoms with E-state index in [4.69, 9.17) is 10.5 Å². The zero-order valence-corrected chi connectivity index (χ0v) is 7.77. The zero-order chi connectivity index (χ0) is 8.39. The van der Waals surface area contributed by atoms with Crippen LogP contribution in [0.25, 0.3) is 0 Å². The van der Waals surface area contributed by atoms with Gasteiger partial charge >= 0.3 is 0 Å². The quantitative estimate of drug-likeness (QED) is 0.757. The van der Waals surface area contributed by atoms with Gasteiger partial charge in [0.25, 0.3) is 0 Å². The molecule has 0 fully saturated rings. The zero-order valence-electron chi connectivity index (χ0n) is 6.95. The highest BCUT2D eigenvalue weighted by Gasteiger charge is 2.20. The van der Waals surface area contributed by atoms with Crippen molar-refractivity contribution >= 4 is 11.3 Å². The number of ether oxygens (including phenoxy) is 1. The van der Waals surface area contributed by atoms with Gasteiger partial charge in [0, 0.05) is 4.88 Å². The van der Waals surface area contributed by atoms with Crippen LogP contribution < -0.4 is 5.73 Å². The molecule has 0 amide bonds. The Morgan fingerprint density at radius 1 is 1.67 bits per heavy atom. The minimum absolute atomic E-state index is 0.277. The van der Waals surface area contributed by atoms with Crippen molar-refractivity contribution in [3.63, 3.8) is 0 Å². The number of hydrogen-bond donors (Lipinski definition) is 1. The van der Waals surface area contributed by atoms with Crippen LogP contribution in [0.4, 0.5) is 0 Å². The number of thiophene rings is 1. The van der Waals surface area contributed by atoms with Crippen molar-refractivity contribution in [2.24, 2.45) is 5.73 Å². The normalized spacial score (nSPS) is 22.2. The molecule has 1 aliphatic heterocycles. The van der Waals surface area contributed by atoms with Gasteiger partial charge in [-0.3, -0.25) is 0 Å². The molecule has 1 aromatic rings. The second-order valence-electron chi connectivity index (χ2n) is 3.00. The van der Waals surface area contributed by atoms with Crippen LogP contribution in [0.2, 0.25) is 0 Å². The van der Waals surface area contributed by atoms with Crippen molar-refractivity contribution in [2.45, 2.75) is 18.9 Å². The van der Waals surface area contributed by atoms with Crippen LogP contribution in [-0.2, 0) is 11.2 Å². The second-order valence-corrected chi connectivity index (χ2v) is 3.94. The Morgan fingerprint density at radius 3 is 3.42 bits per heavy atom. The van der Waals surface area contributed by atoms with Gasteiger partial charge in [-0.2, -0.15) is 0 Å². The first-order valence-corrected chi connectivity index (χ1v) is 5.17. The Hall–Kier alpha value is -0.380. The molecular formula is C9H13NOS. The van der Waals surface area contributed by atoms with E-state index in [0.717, 1.165) is 19.4 Å². The van der Waals surface area contributed by atoms with Gasteiger partial charge in [0.15, 0.2) is 0 Å². The predicted octanol–water partition coefficient (Wildman–Crippen LogP) is 1.71.